The molecule has 2 amide bonds. The van der Waals surface area contributed by atoms with Crippen LogP contribution in [0.25, 0.3) is 10.4 Å². The average Bonchev–Trinajstić information content (AvgIpc) is 3.28. The number of likely N-dealkylation sites (tertiary alicyclic amines) is 1. The number of nitro groups is 1. The summed E-state index contributed by atoms with van der Waals surface area (Å²) in [6.45, 7) is 2.31. The Balaban J connectivity index is 1.35. The number of aryl methyl sites for hydroxylation is 1. The number of piperidine rings is 1. The lowest BCUT2D eigenvalue weighted by molar-refractivity contribution is -0.384. The molecule has 1 saturated heterocycles. The van der Waals surface area contributed by atoms with Crippen molar-refractivity contribution in [2.45, 2.75) is 19.8 Å². The Hall–Kier alpha value is -4.36. The van der Waals surface area contributed by atoms with Gasteiger partial charge in [0.1, 0.15) is 16.5 Å². The van der Waals surface area contributed by atoms with Crippen molar-refractivity contribution < 1.29 is 39.0 Å². The summed E-state index contributed by atoms with van der Waals surface area (Å²) >= 11 is 7.26. The number of amides is 2. The fourth-order valence-corrected chi connectivity index (χ4v) is 5.72. The van der Waals surface area contributed by atoms with Crippen LogP contribution in [-0.4, -0.2) is 64.3 Å². The Morgan fingerprint density at radius 2 is 1.88 bits per heavy atom. The first-order chi connectivity index (χ1) is 19.5. The topological polar surface area (TPSA) is 169 Å². The number of rotatable bonds is 10. The van der Waals surface area contributed by atoms with Gasteiger partial charge in [0, 0.05) is 19.2 Å². The normalized spacial score (nSPS) is 13.5. The highest BCUT2D eigenvalue weighted by Crippen LogP contribution is 2.46. The maximum Gasteiger partial charge on any atom is 0.349 e. The molecule has 41 heavy (non-hydrogen) atoms. The lowest BCUT2D eigenvalue weighted by Crippen LogP contribution is -2.42. The van der Waals surface area contributed by atoms with E-state index in [4.69, 9.17) is 26.2 Å². The highest BCUT2D eigenvalue weighted by atomic mass is 35.5. The summed E-state index contributed by atoms with van der Waals surface area (Å²) in [7, 11) is 0. The third kappa shape index (κ3) is 7.24. The van der Waals surface area contributed by atoms with E-state index in [0.717, 1.165) is 16.9 Å². The van der Waals surface area contributed by atoms with Crippen molar-refractivity contribution in [3.05, 3.63) is 68.0 Å². The van der Waals surface area contributed by atoms with Gasteiger partial charge in [-0.25, -0.2) is 14.4 Å². The Bertz CT molecular complexity index is 1480. The second kappa shape index (κ2) is 12.9. The van der Waals surface area contributed by atoms with Crippen LogP contribution in [0.4, 0.5) is 16.2 Å². The van der Waals surface area contributed by atoms with Crippen molar-refractivity contribution in [3.63, 3.8) is 0 Å². The number of anilines is 1. The molecule has 4 rings (SSSR count). The predicted molar refractivity (Wildman–Crippen MR) is 151 cm³/mol. The smallest absolute Gasteiger partial charge is 0.349 e. The largest absolute Gasteiger partial charge is 0.493 e. The molecule has 216 valence electrons. The first kappa shape index (κ1) is 29.6. The number of ether oxygens (including phenoxy) is 2. The minimum Gasteiger partial charge on any atom is -0.493 e. The molecule has 1 aliphatic rings. The number of carboxylic acids is 2. The van der Waals surface area contributed by atoms with Crippen LogP contribution in [0, 0.1) is 23.0 Å². The predicted octanol–water partition coefficient (Wildman–Crippen LogP) is 5.77. The number of halogens is 1. The van der Waals surface area contributed by atoms with Crippen LogP contribution in [-0.2, 0) is 4.79 Å². The molecule has 12 nitrogen and oxygen atoms in total. The van der Waals surface area contributed by atoms with Crippen molar-refractivity contribution in [2.24, 2.45) is 5.92 Å². The molecule has 0 bridgehead atoms. The summed E-state index contributed by atoms with van der Waals surface area (Å²) in [4.78, 5) is 47.9. The molecule has 0 aliphatic carbocycles. The summed E-state index contributed by atoms with van der Waals surface area (Å²) in [5, 5.41) is 32.4. The number of carbonyl (C=O) groups is 3. The van der Waals surface area contributed by atoms with Gasteiger partial charge in [-0.2, -0.15) is 0 Å². The van der Waals surface area contributed by atoms with E-state index < -0.39 is 29.5 Å². The second-order valence-corrected chi connectivity index (χ2v) is 10.8. The van der Waals surface area contributed by atoms with Crippen molar-refractivity contribution in [1.29, 1.82) is 0 Å². The number of urea groups is 1. The Labute approximate surface area is 243 Å². The van der Waals surface area contributed by atoms with Crippen LogP contribution in [0.2, 0.25) is 5.02 Å². The van der Waals surface area contributed by atoms with Crippen LogP contribution in [0.5, 0.6) is 11.5 Å². The average molecular weight is 604 g/mol. The van der Waals surface area contributed by atoms with E-state index >= 15 is 0 Å². The number of nitro benzene ring substituents is 1. The lowest BCUT2D eigenvalue weighted by atomic mass is 9.98. The number of hydrogen-bond acceptors (Lipinski definition) is 8. The summed E-state index contributed by atoms with van der Waals surface area (Å²) in [6.07, 6.45) is 1.35. The van der Waals surface area contributed by atoms with Crippen LogP contribution in [0.1, 0.15) is 28.1 Å². The first-order valence-corrected chi connectivity index (χ1v) is 13.7. The fourth-order valence-electron chi connectivity index (χ4n) is 4.32. The van der Waals surface area contributed by atoms with Gasteiger partial charge in [0.15, 0.2) is 17.2 Å². The van der Waals surface area contributed by atoms with Crippen LogP contribution >= 0.6 is 22.9 Å². The quantitative estimate of drug-likeness (QED) is 0.192. The van der Waals surface area contributed by atoms with E-state index in [2.05, 4.69) is 5.32 Å². The summed E-state index contributed by atoms with van der Waals surface area (Å²) in [5.74, 6) is -2.05. The second-order valence-electron chi connectivity index (χ2n) is 9.37. The number of carboxylic acid groups (broad SMARTS) is 2. The van der Waals surface area contributed by atoms with E-state index in [1.54, 1.807) is 42.2 Å². The zero-order valence-corrected chi connectivity index (χ0v) is 23.4. The Morgan fingerprint density at radius 1 is 1.15 bits per heavy atom. The van der Waals surface area contributed by atoms with Crippen LogP contribution in [0.15, 0.2) is 42.5 Å². The zero-order valence-electron chi connectivity index (χ0n) is 21.8. The van der Waals surface area contributed by atoms with Gasteiger partial charge < -0.3 is 29.9 Å². The van der Waals surface area contributed by atoms with Gasteiger partial charge in [0.25, 0.3) is 5.69 Å². The molecule has 3 N–H and O–H groups in total. The van der Waals surface area contributed by atoms with Crippen LogP contribution < -0.4 is 14.8 Å². The molecule has 0 spiro atoms. The molecule has 1 fully saturated rings. The van der Waals surface area contributed by atoms with Gasteiger partial charge in [-0.05, 0) is 55.0 Å². The van der Waals surface area contributed by atoms with Gasteiger partial charge in [0.05, 0.1) is 16.4 Å². The van der Waals surface area contributed by atoms with Gasteiger partial charge in [-0.15, -0.1) is 11.3 Å². The Morgan fingerprint density at radius 3 is 2.54 bits per heavy atom. The van der Waals surface area contributed by atoms with Crippen molar-refractivity contribution in [1.82, 2.24) is 4.90 Å². The zero-order chi connectivity index (χ0) is 29.7. The van der Waals surface area contributed by atoms with E-state index in [1.165, 1.54) is 12.1 Å². The summed E-state index contributed by atoms with van der Waals surface area (Å²) in [6, 6.07) is 11.2. The van der Waals surface area contributed by atoms with E-state index in [9.17, 15) is 29.6 Å². The SMILES string of the molecule is Cc1ccc(NC(=O)N2CCC(COc3cccc(-c4sc(C(=O)O)c(OCC(=O)O)c4Cl)c3)CC2)c([N+](=O)[O-])c1. The van der Waals surface area contributed by atoms with Gasteiger partial charge in [0.2, 0.25) is 0 Å². The van der Waals surface area contributed by atoms with Crippen molar-refractivity contribution in [3.8, 4) is 21.9 Å². The van der Waals surface area contributed by atoms with E-state index in [0.29, 0.717) is 48.7 Å². The minimum atomic E-state index is -1.28. The number of thiophene rings is 1. The number of aliphatic carboxylic acids is 1. The molecular formula is C27H26ClN3O9S. The van der Waals surface area contributed by atoms with Gasteiger partial charge >= 0.3 is 18.0 Å². The highest BCUT2D eigenvalue weighted by Gasteiger charge is 2.27. The lowest BCUT2D eigenvalue weighted by Gasteiger charge is -2.31. The first-order valence-electron chi connectivity index (χ1n) is 12.5. The number of nitrogens with zero attached hydrogens (tertiary/aromatic N) is 2. The van der Waals surface area contributed by atoms with Gasteiger partial charge in [-0.3, -0.25) is 10.1 Å². The molecule has 0 saturated carbocycles. The highest BCUT2D eigenvalue weighted by molar-refractivity contribution is 7.18. The number of carbonyl (C=O) groups excluding carboxylic acids is 1. The summed E-state index contributed by atoms with van der Waals surface area (Å²) < 4.78 is 11.1. The Kier molecular flexibility index (Phi) is 9.30. The van der Waals surface area contributed by atoms with Gasteiger partial charge in [-0.1, -0.05) is 29.8 Å². The van der Waals surface area contributed by atoms with Crippen molar-refractivity contribution in [2.75, 3.05) is 31.6 Å². The third-order valence-corrected chi connectivity index (χ3v) is 8.10. The molecule has 0 atom stereocenters. The molecule has 2 aromatic carbocycles. The maximum absolute atomic E-state index is 12.7. The molecule has 0 radical (unpaired) electrons. The van der Waals surface area contributed by atoms with E-state index in [1.807, 2.05) is 0 Å². The minimum absolute atomic E-state index is 0.00687. The molecule has 1 aromatic heterocycles. The maximum atomic E-state index is 12.7. The molecule has 0 unspecified atom stereocenters. The number of nitrogens with one attached hydrogen (secondary N) is 1. The molecular weight excluding hydrogens is 578 g/mol. The standard InChI is InChI=1S/C27H26ClN3O9S/c1-15-5-6-19(20(11-15)31(37)38)29-27(36)30-9-7-16(8-10-30)13-39-18-4-2-3-17(12-18)24-22(28)23(40-14-21(32)33)25(41-24)26(34)35/h2-6,11-12,16H,7-10,13-14H2,1H3,(H,29,36)(H,32,33)(H,34,35). The number of benzene rings is 2. The third-order valence-electron chi connectivity index (χ3n) is 6.42. The summed E-state index contributed by atoms with van der Waals surface area (Å²) in [5.41, 5.74) is 1.30. The molecule has 2 heterocycles. The monoisotopic (exact) mass is 603 g/mol. The number of hydrogen-bond donors (Lipinski definition) is 3. The molecule has 1 aliphatic heterocycles. The van der Waals surface area contributed by atoms with Crippen molar-refractivity contribution >= 4 is 52.3 Å². The number of aromatic carboxylic acids is 1. The molecule has 3 aromatic rings. The molecule has 14 heteroatoms. The van der Waals surface area contributed by atoms with E-state index in [-0.39, 0.29) is 32.9 Å². The van der Waals surface area contributed by atoms with Crippen LogP contribution in [0.3, 0.4) is 0 Å². The fraction of sp³-hybridized carbons (Fsp3) is 0.296.